The van der Waals surface area contributed by atoms with Gasteiger partial charge >= 0.3 is 11.2 Å². The molecule has 0 amide bonds. The zero-order valence-electron chi connectivity index (χ0n) is 7.67. The summed E-state index contributed by atoms with van der Waals surface area (Å²) in [5.74, 6) is 0. The first-order valence-electron chi connectivity index (χ1n) is 4.14. The fraction of sp³-hybridized carbons (Fsp3) is 0.375. The van der Waals surface area contributed by atoms with Crippen LogP contribution in [0.5, 0.6) is 0 Å². The topological polar surface area (TPSA) is 85.4 Å². The molecular weight excluding hydrogens is 268 g/mol. The smallest absolute Gasteiger partial charge is 0.334 e. The number of aromatic nitrogens is 1. The van der Waals surface area contributed by atoms with Crippen LogP contribution in [0.15, 0.2) is 23.1 Å². The molecule has 0 aromatic carbocycles. The average Bonchev–Trinajstić information content (AvgIpc) is 2.20. The van der Waals surface area contributed by atoms with E-state index in [-0.39, 0.29) is 6.54 Å². The summed E-state index contributed by atoms with van der Waals surface area (Å²) in [6.07, 6.45) is 0.658. The summed E-state index contributed by atoms with van der Waals surface area (Å²) in [7, 11) is 0. The van der Waals surface area contributed by atoms with Crippen LogP contribution in [0.2, 0.25) is 0 Å². The van der Waals surface area contributed by atoms with Crippen molar-refractivity contribution in [1.82, 2.24) is 4.57 Å². The summed E-state index contributed by atoms with van der Waals surface area (Å²) in [6.45, 7) is 0.0335. The van der Waals surface area contributed by atoms with E-state index in [0.29, 0.717) is 5.33 Å². The van der Waals surface area contributed by atoms with Gasteiger partial charge in [0.2, 0.25) is 0 Å². The Kier molecular flexibility index (Phi) is 3.98. The third kappa shape index (κ3) is 2.87. The second kappa shape index (κ2) is 5.04. The number of hydrogen-bond donors (Lipinski definition) is 1. The van der Waals surface area contributed by atoms with E-state index in [1.54, 1.807) is 0 Å². The standard InChI is InChI=1S/C8H9BrN2O4/c9-4-6(12)5-10-3-1-2-7(8(10)13)11(14)15/h1-3,6,12H,4-5H2. The van der Waals surface area contributed by atoms with Crippen molar-refractivity contribution < 1.29 is 10.0 Å². The normalized spacial score (nSPS) is 12.4. The van der Waals surface area contributed by atoms with Gasteiger partial charge in [-0.3, -0.25) is 14.9 Å². The van der Waals surface area contributed by atoms with Gasteiger partial charge in [-0.25, -0.2) is 0 Å². The Hall–Kier alpha value is -1.21. The van der Waals surface area contributed by atoms with Crippen molar-refractivity contribution in [1.29, 1.82) is 0 Å². The third-order valence-electron chi connectivity index (χ3n) is 1.78. The molecule has 1 N–H and O–H groups in total. The number of hydrogen-bond acceptors (Lipinski definition) is 4. The van der Waals surface area contributed by atoms with E-state index in [0.717, 1.165) is 10.6 Å². The molecule has 0 aliphatic carbocycles. The van der Waals surface area contributed by atoms with E-state index < -0.39 is 22.3 Å². The quantitative estimate of drug-likeness (QED) is 0.493. The minimum atomic E-state index is -0.746. The first-order valence-corrected chi connectivity index (χ1v) is 5.26. The molecule has 82 valence electrons. The maximum absolute atomic E-state index is 11.5. The molecule has 0 saturated heterocycles. The van der Waals surface area contributed by atoms with Crippen LogP contribution in [0.3, 0.4) is 0 Å². The largest absolute Gasteiger partial charge is 0.390 e. The summed E-state index contributed by atoms with van der Waals surface area (Å²) in [6, 6.07) is 2.54. The van der Waals surface area contributed by atoms with Crippen LogP contribution < -0.4 is 5.56 Å². The number of alkyl halides is 1. The van der Waals surface area contributed by atoms with E-state index in [4.69, 9.17) is 0 Å². The van der Waals surface area contributed by atoms with Gasteiger partial charge in [-0.05, 0) is 6.07 Å². The maximum atomic E-state index is 11.5. The molecule has 1 aromatic heterocycles. The lowest BCUT2D eigenvalue weighted by Crippen LogP contribution is -2.28. The van der Waals surface area contributed by atoms with Gasteiger partial charge in [0.05, 0.1) is 17.6 Å². The van der Waals surface area contributed by atoms with E-state index in [9.17, 15) is 20.0 Å². The fourth-order valence-corrected chi connectivity index (χ4v) is 1.29. The highest BCUT2D eigenvalue weighted by Gasteiger charge is 2.14. The Morgan fingerprint density at radius 2 is 2.33 bits per heavy atom. The molecule has 0 fully saturated rings. The van der Waals surface area contributed by atoms with Crippen LogP contribution in [0.25, 0.3) is 0 Å². The molecular formula is C8H9BrN2O4. The van der Waals surface area contributed by atoms with E-state index >= 15 is 0 Å². The lowest BCUT2D eigenvalue weighted by Gasteiger charge is -2.08. The SMILES string of the molecule is O=c1c([N+](=O)[O-])cccn1CC(O)CBr. The highest BCUT2D eigenvalue weighted by Crippen LogP contribution is 2.02. The summed E-state index contributed by atoms with van der Waals surface area (Å²) < 4.78 is 1.12. The Labute approximate surface area is 93.4 Å². The average molecular weight is 277 g/mol. The number of aliphatic hydroxyl groups is 1. The lowest BCUT2D eigenvalue weighted by molar-refractivity contribution is -0.386. The summed E-state index contributed by atoms with van der Waals surface area (Å²) >= 11 is 3.05. The monoisotopic (exact) mass is 276 g/mol. The van der Waals surface area contributed by atoms with Crippen molar-refractivity contribution in [2.75, 3.05) is 5.33 Å². The van der Waals surface area contributed by atoms with Crippen molar-refractivity contribution in [3.05, 3.63) is 38.8 Å². The summed E-state index contributed by atoms with van der Waals surface area (Å²) in [5.41, 5.74) is -1.19. The van der Waals surface area contributed by atoms with Crippen molar-refractivity contribution in [2.24, 2.45) is 0 Å². The first kappa shape index (κ1) is 11.9. The molecule has 6 nitrogen and oxygen atoms in total. The Morgan fingerprint density at radius 1 is 1.67 bits per heavy atom. The lowest BCUT2D eigenvalue weighted by atomic mass is 10.3. The Morgan fingerprint density at radius 3 is 2.87 bits per heavy atom. The zero-order chi connectivity index (χ0) is 11.4. The van der Waals surface area contributed by atoms with Crippen molar-refractivity contribution >= 4 is 21.6 Å². The van der Waals surface area contributed by atoms with Crippen LogP contribution in [0.4, 0.5) is 5.69 Å². The van der Waals surface area contributed by atoms with Gasteiger partial charge in [0.25, 0.3) is 0 Å². The van der Waals surface area contributed by atoms with E-state index in [1.807, 2.05) is 0 Å². The first-order chi connectivity index (χ1) is 7.06. The third-order valence-corrected chi connectivity index (χ3v) is 2.53. The second-order valence-electron chi connectivity index (χ2n) is 2.92. The van der Waals surface area contributed by atoms with Crippen molar-refractivity contribution in [2.45, 2.75) is 12.6 Å². The Bertz CT molecular complexity index is 417. The van der Waals surface area contributed by atoms with E-state index in [2.05, 4.69) is 15.9 Å². The highest BCUT2D eigenvalue weighted by molar-refractivity contribution is 9.09. The van der Waals surface area contributed by atoms with Gasteiger partial charge in [-0.1, -0.05) is 15.9 Å². The molecule has 15 heavy (non-hydrogen) atoms. The molecule has 0 aliphatic heterocycles. The Balaban J connectivity index is 3.05. The molecule has 7 heteroatoms. The summed E-state index contributed by atoms with van der Waals surface area (Å²) in [5, 5.41) is 20.0. The fourth-order valence-electron chi connectivity index (χ4n) is 1.08. The van der Waals surface area contributed by atoms with Gasteiger partial charge in [0, 0.05) is 17.6 Å². The highest BCUT2D eigenvalue weighted by atomic mass is 79.9. The minimum absolute atomic E-state index is 0.0335. The van der Waals surface area contributed by atoms with Crippen LogP contribution in [-0.4, -0.2) is 26.0 Å². The van der Waals surface area contributed by atoms with Crippen LogP contribution >= 0.6 is 15.9 Å². The van der Waals surface area contributed by atoms with Gasteiger partial charge in [-0.2, -0.15) is 0 Å². The minimum Gasteiger partial charge on any atom is -0.390 e. The predicted octanol–water partition coefficient (Wildman–Crippen LogP) is 0.512. The van der Waals surface area contributed by atoms with Crippen LogP contribution in [0, 0.1) is 10.1 Å². The molecule has 1 heterocycles. The van der Waals surface area contributed by atoms with Gasteiger partial charge < -0.3 is 9.67 Å². The van der Waals surface area contributed by atoms with Gasteiger partial charge in [0.15, 0.2) is 0 Å². The summed E-state index contributed by atoms with van der Waals surface area (Å²) in [4.78, 5) is 21.2. The number of halogens is 1. The van der Waals surface area contributed by atoms with Gasteiger partial charge in [-0.15, -0.1) is 0 Å². The molecule has 1 rings (SSSR count). The molecule has 1 aromatic rings. The van der Waals surface area contributed by atoms with Gasteiger partial charge in [0.1, 0.15) is 0 Å². The number of pyridine rings is 1. The van der Waals surface area contributed by atoms with Crippen molar-refractivity contribution in [3.8, 4) is 0 Å². The maximum Gasteiger partial charge on any atom is 0.334 e. The molecule has 1 atom stereocenters. The van der Waals surface area contributed by atoms with Crippen molar-refractivity contribution in [3.63, 3.8) is 0 Å². The molecule has 0 spiro atoms. The van der Waals surface area contributed by atoms with E-state index in [1.165, 1.54) is 12.3 Å². The molecule has 0 radical (unpaired) electrons. The second-order valence-corrected chi connectivity index (χ2v) is 3.56. The van der Waals surface area contributed by atoms with Crippen LogP contribution in [0.1, 0.15) is 0 Å². The molecule has 0 aliphatic rings. The number of rotatable bonds is 4. The molecule has 1 unspecified atom stereocenters. The molecule has 0 saturated carbocycles. The number of nitro groups is 1. The number of aliphatic hydroxyl groups excluding tert-OH is 1. The molecule has 0 bridgehead atoms. The number of nitrogens with zero attached hydrogens (tertiary/aromatic N) is 2. The van der Waals surface area contributed by atoms with Crippen LogP contribution in [-0.2, 0) is 6.54 Å². The zero-order valence-corrected chi connectivity index (χ0v) is 9.25. The predicted molar refractivity (Wildman–Crippen MR) is 57.2 cm³/mol.